The minimum absolute atomic E-state index is 0.431. The van der Waals surface area contributed by atoms with Crippen LogP contribution < -0.4 is 5.32 Å². The lowest BCUT2D eigenvalue weighted by atomic mass is 10.0. The highest BCUT2D eigenvalue weighted by Crippen LogP contribution is 2.18. The van der Waals surface area contributed by atoms with Crippen LogP contribution in [0.5, 0.6) is 0 Å². The van der Waals surface area contributed by atoms with Crippen LogP contribution in [0.1, 0.15) is 50.8 Å². The molecule has 0 bridgehead atoms. The second kappa shape index (κ2) is 9.22. The van der Waals surface area contributed by atoms with Gasteiger partial charge >= 0.3 is 0 Å². The summed E-state index contributed by atoms with van der Waals surface area (Å²) in [5, 5.41) is 8.12. The lowest BCUT2D eigenvalue weighted by Crippen LogP contribution is -2.44. The summed E-state index contributed by atoms with van der Waals surface area (Å²) in [6, 6.07) is 0. The highest BCUT2D eigenvalue weighted by molar-refractivity contribution is 5.79. The van der Waals surface area contributed by atoms with Crippen LogP contribution in [0.4, 0.5) is 0 Å². The van der Waals surface area contributed by atoms with Crippen LogP contribution in [0, 0.1) is 5.92 Å². The van der Waals surface area contributed by atoms with E-state index in [1.807, 2.05) is 18.8 Å². The van der Waals surface area contributed by atoms with Gasteiger partial charge in [0.15, 0.2) is 5.96 Å². The first-order valence-electron chi connectivity index (χ1n) is 9.57. The van der Waals surface area contributed by atoms with Crippen LogP contribution in [0.2, 0.25) is 0 Å². The standard InChI is InChI=1S/C19H36N6/c1-15(2)18-17(14-24(6)22-18)13-23(5)19(20-4)21-9-11-25-10-7-8-16(3)12-25/h14-16H,7-13H2,1-6H3,(H,20,21). The van der Waals surface area contributed by atoms with Gasteiger partial charge in [0.25, 0.3) is 0 Å². The van der Waals surface area contributed by atoms with Gasteiger partial charge in [0, 0.05) is 59.1 Å². The lowest BCUT2D eigenvalue weighted by molar-refractivity contribution is 0.186. The van der Waals surface area contributed by atoms with E-state index in [1.54, 1.807) is 0 Å². The molecule has 1 aliphatic rings. The molecular formula is C19H36N6. The van der Waals surface area contributed by atoms with Crippen molar-refractivity contribution < 1.29 is 0 Å². The number of nitrogens with zero attached hydrogens (tertiary/aromatic N) is 5. The molecule has 25 heavy (non-hydrogen) atoms. The number of guanidine groups is 1. The fourth-order valence-electron chi connectivity index (χ4n) is 3.69. The van der Waals surface area contributed by atoms with Gasteiger partial charge in [0.2, 0.25) is 0 Å². The Kier molecular flexibility index (Phi) is 7.29. The van der Waals surface area contributed by atoms with Gasteiger partial charge in [-0.1, -0.05) is 20.8 Å². The van der Waals surface area contributed by atoms with Crippen molar-refractivity contribution in [3.8, 4) is 0 Å². The first kappa shape index (κ1) is 19.8. The molecule has 1 saturated heterocycles. The SMILES string of the molecule is CN=C(NCCN1CCCC(C)C1)N(C)Cc1cn(C)nc1C(C)C. The number of aliphatic imine (C=N–C) groups is 1. The molecule has 0 amide bonds. The summed E-state index contributed by atoms with van der Waals surface area (Å²) in [5.41, 5.74) is 2.44. The highest BCUT2D eigenvalue weighted by atomic mass is 15.3. The molecule has 2 rings (SSSR count). The Morgan fingerprint density at radius 3 is 2.88 bits per heavy atom. The number of likely N-dealkylation sites (tertiary alicyclic amines) is 1. The number of piperidine rings is 1. The average molecular weight is 349 g/mol. The molecule has 2 heterocycles. The summed E-state index contributed by atoms with van der Waals surface area (Å²) in [7, 11) is 5.94. The summed E-state index contributed by atoms with van der Waals surface area (Å²) < 4.78 is 1.91. The molecular weight excluding hydrogens is 312 g/mol. The Hall–Kier alpha value is -1.56. The van der Waals surface area contributed by atoms with E-state index in [1.165, 1.54) is 37.2 Å². The summed E-state index contributed by atoms with van der Waals surface area (Å²) in [6.07, 6.45) is 4.82. The third-order valence-electron chi connectivity index (χ3n) is 4.92. The van der Waals surface area contributed by atoms with Crippen LogP contribution in [0.15, 0.2) is 11.2 Å². The highest BCUT2D eigenvalue weighted by Gasteiger charge is 2.17. The maximum absolute atomic E-state index is 4.60. The third kappa shape index (κ3) is 5.73. The molecule has 142 valence electrons. The second-order valence-corrected chi connectivity index (χ2v) is 7.75. The fourth-order valence-corrected chi connectivity index (χ4v) is 3.69. The zero-order valence-corrected chi connectivity index (χ0v) is 16.9. The summed E-state index contributed by atoms with van der Waals surface area (Å²) >= 11 is 0. The van der Waals surface area contributed by atoms with Gasteiger partial charge in [-0.2, -0.15) is 5.10 Å². The van der Waals surface area contributed by atoms with Crippen molar-refractivity contribution in [1.82, 2.24) is 24.9 Å². The molecule has 0 aliphatic carbocycles. The average Bonchev–Trinajstić information content (AvgIpc) is 2.92. The van der Waals surface area contributed by atoms with Crippen LogP contribution in [0.3, 0.4) is 0 Å². The van der Waals surface area contributed by atoms with E-state index in [0.717, 1.165) is 31.5 Å². The number of hydrogen-bond acceptors (Lipinski definition) is 3. The van der Waals surface area contributed by atoms with Gasteiger partial charge in [0.05, 0.1) is 5.69 Å². The fraction of sp³-hybridized carbons (Fsp3) is 0.789. The Bertz CT molecular complexity index is 562. The number of nitrogens with one attached hydrogen (secondary N) is 1. The second-order valence-electron chi connectivity index (χ2n) is 7.75. The van der Waals surface area contributed by atoms with Crippen molar-refractivity contribution in [2.24, 2.45) is 18.0 Å². The normalized spacial score (nSPS) is 19.5. The number of hydrogen-bond donors (Lipinski definition) is 1. The summed E-state index contributed by atoms with van der Waals surface area (Å²) in [6.45, 7) is 12.0. The predicted molar refractivity (Wildman–Crippen MR) is 105 cm³/mol. The van der Waals surface area contributed by atoms with Crippen LogP contribution in [0.25, 0.3) is 0 Å². The minimum atomic E-state index is 0.431. The molecule has 0 spiro atoms. The molecule has 1 atom stereocenters. The zero-order valence-electron chi connectivity index (χ0n) is 16.9. The van der Waals surface area contributed by atoms with Crippen molar-refractivity contribution in [2.75, 3.05) is 40.3 Å². The Balaban J connectivity index is 1.85. The topological polar surface area (TPSA) is 48.7 Å². The molecule has 0 saturated carbocycles. The molecule has 1 fully saturated rings. The van der Waals surface area contributed by atoms with E-state index in [-0.39, 0.29) is 0 Å². The minimum Gasteiger partial charge on any atom is -0.355 e. The summed E-state index contributed by atoms with van der Waals surface area (Å²) in [4.78, 5) is 9.19. The van der Waals surface area contributed by atoms with Gasteiger partial charge < -0.3 is 15.1 Å². The molecule has 1 aromatic rings. The molecule has 1 aliphatic heterocycles. The molecule has 0 radical (unpaired) electrons. The maximum atomic E-state index is 4.60. The quantitative estimate of drug-likeness (QED) is 0.633. The monoisotopic (exact) mass is 348 g/mol. The third-order valence-corrected chi connectivity index (χ3v) is 4.92. The van der Waals surface area contributed by atoms with Gasteiger partial charge in [0.1, 0.15) is 0 Å². The van der Waals surface area contributed by atoms with Gasteiger partial charge in [-0.25, -0.2) is 0 Å². The molecule has 1 N–H and O–H groups in total. The Morgan fingerprint density at radius 2 is 2.24 bits per heavy atom. The first-order chi connectivity index (χ1) is 11.9. The van der Waals surface area contributed by atoms with Crippen LogP contribution >= 0.6 is 0 Å². The maximum Gasteiger partial charge on any atom is 0.193 e. The van der Waals surface area contributed by atoms with E-state index in [4.69, 9.17) is 0 Å². The number of rotatable bonds is 6. The Morgan fingerprint density at radius 1 is 1.48 bits per heavy atom. The van der Waals surface area contributed by atoms with Crippen molar-refractivity contribution in [1.29, 1.82) is 0 Å². The first-order valence-corrected chi connectivity index (χ1v) is 9.57. The predicted octanol–water partition coefficient (Wildman–Crippen LogP) is 2.28. The lowest BCUT2D eigenvalue weighted by Gasteiger charge is -2.31. The molecule has 6 nitrogen and oxygen atoms in total. The van der Waals surface area contributed by atoms with Crippen molar-refractivity contribution in [3.63, 3.8) is 0 Å². The van der Waals surface area contributed by atoms with Gasteiger partial charge in [-0.3, -0.25) is 9.67 Å². The van der Waals surface area contributed by atoms with Crippen LogP contribution in [-0.2, 0) is 13.6 Å². The largest absolute Gasteiger partial charge is 0.355 e. The van der Waals surface area contributed by atoms with E-state index < -0.39 is 0 Å². The van der Waals surface area contributed by atoms with Crippen molar-refractivity contribution in [2.45, 2.75) is 46.1 Å². The van der Waals surface area contributed by atoms with Crippen molar-refractivity contribution >= 4 is 5.96 Å². The molecule has 1 unspecified atom stereocenters. The molecule has 6 heteroatoms. The number of aryl methyl sites for hydroxylation is 1. The molecule has 0 aromatic carbocycles. The van der Waals surface area contributed by atoms with Gasteiger partial charge in [-0.15, -0.1) is 0 Å². The zero-order chi connectivity index (χ0) is 18.4. The van der Waals surface area contributed by atoms with E-state index >= 15 is 0 Å². The smallest absolute Gasteiger partial charge is 0.193 e. The Labute approximate surface area is 153 Å². The number of aromatic nitrogens is 2. The van der Waals surface area contributed by atoms with E-state index in [2.05, 4.69) is 59.2 Å². The van der Waals surface area contributed by atoms with E-state index in [0.29, 0.717) is 5.92 Å². The van der Waals surface area contributed by atoms with E-state index in [9.17, 15) is 0 Å². The summed E-state index contributed by atoms with van der Waals surface area (Å²) in [5.74, 6) is 2.21. The van der Waals surface area contributed by atoms with Crippen LogP contribution in [-0.4, -0.2) is 65.8 Å². The molecule has 1 aromatic heterocycles. The van der Waals surface area contributed by atoms with Gasteiger partial charge in [-0.05, 0) is 31.2 Å². The van der Waals surface area contributed by atoms with Crippen molar-refractivity contribution in [3.05, 3.63) is 17.5 Å².